The van der Waals surface area contributed by atoms with Gasteiger partial charge in [-0.3, -0.25) is 4.79 Å². The summed E-state index contributed by atoms with van der Waals surface area (Å²) in [4.78, 5) is 24.6. The lowest BCUT2D eigenvalue weighted by atomic mass is 9.89. The van der Waals surface area contributed by atoms with Gasteiger partial charge in [0.2, 0.25) is 0 Å². The van der Waals surface area contributed by atoms with E-state index in [0.717, 1.165) is 6.42 Å². The third kappa shape index (κ3) is 5.15. The van der Waals surface area contributed by atoms with Crippen molar-refractivity contribution in [3.05, 3.63) is 36.0 Å². The van der Waals surface area contributed by atoms with Gasteiger partial charge in [0.1, 0.15) is 5.92 Å². The van der Waals surface area contributed by atoms with Crippen molar-refractivity contribution in [3.8, 4) is 11.5 Å². The highest BCUT2D eigenvalue weighted by Crippen LogP contribution is 2.36. The number of benzene rings is 1. The Balaban J connectivity index is 2.31. The van der Waals surface area contributed by atoms with E-state index in [4.69, 9.17) is 14.2 Å². The second-order valence-corrected chi connectivity index (χ2v) is 6.86. The van der Waals surface area contributed by atoms with Crippen molar-refractivity contribution in [2.45, 2.75) is 33.2 Å². The number of amides is 2. The molecule has 0 aromatic heterocycles. The van der Waals surface area contributed by atoms with E-state index in [0.29, 0.717) is 36.0 Å². The van der Waals surface area contributed by atoms with Gasteiger partial charge >= 0.3 is 12.0 Å². The largest absolute Gasteiger partial charge is 0.493 e. The standard InChI is InChI=1S/C20H28N2O5/c1-6-9-26-15-8-7-14(10-16(15)25-5)18-17(13(4)21-20(24)22-18)19(23)27-11-12(2)3/h7-8,10,12,17-18H,4,6,9,11H2,1-3,5H3,(H2,21,22,24)/t17-,18-/m0/s1. The average Bonchev–Trinajstić information content (AvgIpc) is 2.63. The lowest BCUT2D eigenvalue weighted by molar-refractivity contribution is -0.149. The highest BCUT2D eigenvalue weighted by atomic mass is 16.5. The Morgan fingerprint density at radius 3 is 2.67 bits per heavy atom. The molecule has 27 heavy (non-hydrogen) atoms. The first kappa shape index (κ1) is 20.6. The molecule has 1 heterocycles. The summed E-state index contributed by atoms with van der Waals surface area (Å²) >= 11 is 0. The van der Waals surface area contributed by atoms with E-state index in [1.807, 2.05) is 20.8 Å². The predicted octanol–water partition coefficient (Wildman–Crippen LogP) is 3.17. The minimum Gasteiger partial charge on any atom is -0.493 e. The summed E-state index contributed by atoms with van der Waals surface area (Å²) in [5, 5.41) is 5.35. The number of esters is 1. The van der Waals surface area contributed by atoms with Crippen LogP contribution in [0, 0.1) is 11.8 Å². The van der Waals surface area contributed by atoms with Gasteiger partial charge in [0, 0.05) is 5.70 Å². The van der Waals surface area contributed by atoms with Crippen molar-refractivity contribution in [3.63, 3.8) is 0 Å². The summed E-state index contributed by atoms with van der Waals surface area (Å²) < 4.78 is 16.5. The van der Waals surface area contributed by atoms with Gasteiger partial charge in [-0.1, -0.05) is 33.4 Å². The molecule has 0 bridgehead atoms. The molecule has 2 atom stereocenters. The first-order valence-electron chi connectivity index (χ1n) is 9.11. The van der Waals surface area contributed by atoms with Crippen LogP contribution in [-0.4, -0.2) is 32.3 Å². The fourth-order valence-corrected chi connectivity index (χ4v) is 2.79. The zero-order chi connectivity index (χ0) is 20.0. The molecule has 2 rings (SSSR count). The number of carbonyl (C=O) groups is 2. The van der Waals surface area contributed by atoms with Crippen LogP contribution >= 0.6 is 0 Å². The molecule has 1 aromatic rings. The SMILES string of the molecule is C=C1NC(=O)N[C@@H](c2ccc(OCCC)c(OC)c2)[C@H]1C(=O)OCC(C)C. The third-order valence-corrected chi connectivity index (χ3v) is 4.09. The van der Waals surface area contributed by atoms with Gasteiger partial charge in [-0.25, -0.2) is 4.79 Å². The number of urea groups is 1. The Morgan fingerprint density at radius 2 is 2.04 bits per heavy atom. The second-order valence-electron chi connectivity index (χ2n) is 6.86. The van der Waals surface area contributed by atoms with E-state index in [9.17, 15) is 9.59 Å². The van der Waals surface area contributed by atoms with E-state index >= 15 is 0 Å². The molecule has 2 N–H and O–H groups in total. The quantitative estimate of drug-likeness (QED) is 0.681. The monoisotopic (exact) mass is 376 g/mol. The Labute approximate surface area is 160 Å². The van der Waals surface area contributed by atoms with Gasteiger partial charge in [0.05, 0.1) is 26.4 Å². The van der Waals surface area contributed by atoms with E-state index in [-0.39, 0.29) is 5.92 Å². The summed E-state index contributed by atoms with van der Waals surface area (Å²) in [7, 11) is 1.55. The van der Waals surface area contributed by atoms with Crippen LogP contribution in [0.1, 0.15) is 38.8 Å². The Bertz CT molecular complexity index is 702. The molecule has 0 unspecified atom stereocenters. The van der Waals surface area contributed by atoms with Crippen LogP contribution in [0.2, 0.25) is 0 Å². The Kier molecular flexibility index (Phi) is 7.10. The number of hydrogen-bond acceptors (Lipinski definition) is 5. The summed E-state index contributed by atoms with van der Waals surface area (Å²) in [6.45, 7) is 10.6. The molecule has 148 valence electrons. The van der Waals surface area contributed by atoms with Crippen molar-refractivity contribution in [2.75, 3.05) is 20.3 Å². The molecule has 0 aliphatic carbocycles. The zero-order valence-corrected chi connectivity index (χ0v) is 16.3. The van der Waals surface area contributed by atoms with Gasteiger partial charge in [-0.05, 0) is 30.0 Å². The maximum absolute atomic E-state index is 12.6. The van der Waals surface area contributed by atoms with Crippen LogP contribution in [0.5, 0.6) is 11.5 Å². The third-order valence-electron chi connectivity index (χ3n) is 4.09. The maximum Gasteiger partial charge on any atom is 0.319 e. The van der Waals surface area contributed by atoms with Crippen molar-refractivity contribution in [1.29, 1.82) is 0 Å². The van der Waals surface area contributed by atoms with E-state index < -0.39 is 24.0 Å². The number of carbonyl (C=O) groups excluding carboxylic acids is 2. The molecule has 1 aromatic carbocycles. The molecule has 0 radical (unpaired) electrons. The minimum atomic E-state index is -0.742. The van der Waals surface area contributed by atoms with Crippen LogP contribution in [0.3, 0.4) is 0 Å². The zero-order valence-electron chi connectivity index (χ0n) is 16.3. The lowest BCUT2D eigenvalue weighted by Gasteiger charge is -2.33. The molecule has 2 amide bonds. The highest BCUT2D eigenvalue weighted by Gasteiger charge is 2.39. The number of nitrogens with one attached hydrogen (secondary N) is 2. The molecule has 0 spiro atoms. The minimum absolute atomic E-state index is 0.210. The van der Waals surface area contributed by atoms with Gasteiger partial charge < -0.3 is 24.8 Å². The van der Waals surface area contributed by atoms with Crippen LogP contribution in [0.4, 0.5) is 4.79 Å². The molecule has 1 saturated heterocycles. The molecule has 7 nitrogen and oxygen atoms in total. The van der Waals surface area contributed by atoms with Crippen molar-refractivity contribution in [2.24, 2.45) is 11.8 Å². The predicted molar refractivity (Wildman–Crippen MR) is 102 cm³/mol. The van der Waals surface area contributed by atoms with Crippen LogP contribution in [0.25, 0.3) is 0 Å². The van der Waals surface area contributed by atoms with Crippen molar-refractivity contribution >= 4 is 12.0 Å². The topological polar surface area (TPSA) is 85.9 Å². The lowest BCUT2D eigenvalue weighted by Crippen LogP contribution is -2.51. The van der Waals surface area contributed by atoms with Crippen molar-refractivity contribution in [1.82, 2.24) is 10.6 Å². The summed E-state index contributed by atoms with van der Waals surface area (Å²) in [6, 6.07) is 4.32. The van der Waals surface area contributed by atoms with Crippen molar-refractivity contribution < 1.29 is 23.8 Å². The molecule has 7 heteroatoms. The molecule has 0 saturated carbocycles. The summed E-state index contributed by atoms with van der Waals surface area (Å²) in [5.74, 6) is 0.182. The first-order chi connectivity index (χ1) is 12.9. The number of hydrogen-bond donors (Lipinski definition) is 2. The van der Waals surface area contributed by atoms with Gasteiger partial charge in [-0.2, -0.15) is 0 Å². The molecular weight excluding hydrogens is 348 g/mol. The highest BCUT2D eigenvalue weighted by molar-refractivity contribution is 5.85. The van der Waals surface area contributed by atoms with Gasteiger partial charge in [-0.15, -0.1) is 0 Å². The van der Waals surface area contributed by atoms with E-state index in [1.54, 1.807) is 25.3 Å². The summed E-state index contributed by atoms with van der Waals surface area (Å²) in [5.41, 5.74) is 1.01. The normalized spacial score (nSPS) is 19.3. The van der Waals surface area contributed by atoms with Crippen LogP contribution < -0.4 is 20.1 Å². The molecular formula is C20H28N2O5. The Morgan fingerprint density at radius 1 is 1.30 bits per heavy atom. The number of rotatable bonds is 8. The molecule has 1 fully saturated rings. The second kappa shape index (κ2) is 9.30. The number of ether oxygens (including phenoxy) is 3. The van der Waals surface area contributed by atoms with Crippen LogP contribution in [0.15, 0.2) is 30.5 Å². The van der Waals surface area contributed by atoms with Crippen LogP contribution in [-0.2, 0) is 9.53 Å². The molecule has 1 aliphatic rings. The average molecular weight is 376 g/mol. The first-order valence-corrected chi connectivity index (χ1v) is 9.11. The Hall–Kier alpha value is -2.70. The fourth-order valence-electron chi connectivity index (χ4n) is 2.79. The summed E-state index contributed by atoms with van der Waals surface area (Å²) in [6.07, 6.45) is 0.874. The number of methoxy groups -OCH3 is 1. The van der Waals surface area contributed by atoms with Gasteiger partial charge in [0.25, 0.3) is 0 Å². The van der Waals surface area contributed by atoms with E-state index in [1.165, 1.54) is 0 Å². The fraction of sp³-hybridized carbons (Fsp3) is 0.500. The smallest absolute Gasteiger partial charge is 0.319 e. The maximum atomic E-state index is 12.6. The van der Waals surface area contributed by atoms with E-state index in [2.05, 4.69) is 17.2 Å². The molecule has 1 aliphatic heterocycles. The van der Waals surface area contributed by atoms with Gasteiger partial charge in [0.15, 0.2) is 11.5 Å².